The fourth-order valence-corrected chi connectivity index (χ4v) is 3.37. The van der Waals surface area contributed by atoms with Crippen LogP contribution in [0.3, 0.4) is 0 Å². The molecule has 0 saturated heterocycles. The maximum atomic E-state index is 12.2. The smallest absolute Gasteiger partial charge is 0.244 e. The second-order valence-corrected chi connectivity index (χ2v) is 5.70. The van der Waals surface area contributed by atoms with Crippen LogP contribution >= 0.6 is 0 Å². The molecule has 0 saturated carbocycles. The second kappa shape index (κ2) is 6.28. The molecule has 0 aromatic carbocycles. The molecule has 8 heteroatoms. The molecule has 0 spiro atoms. The highest BCUT2D eigenvalue weighted by Crippen LogP contribution is 2.17. The van der Waals surface area contributed by atoms with Crippen molar-refractivity contribution in [2.24, 2.45) is 0 Å². The summed E-state index contributed by atoms with van der Waals surface area (Å²) in [5.41, 5.74) is 0.903. The summed E-state index contributed by atoms with van der Waals surface area (Å²) in [6.45, 7) is 3.36. The maximum absolute atomic E-state index is 12.2. The Bertz CT molecular complexity index is 458. The summed E-state index contributed by atoms with van der Waals surface area (Å²) in [5, 5.41) is 15.4. The van der Waals surface area contributed by atoms with Gasteiger partial charge in [0, 0.05) is 19.8 Å². The van der Waals surface area contributed by atoms with Gasteiger partial charge in [-0.3, -0.25) is 5.10 Å². The highest BCUT2D eigenvalue weighted by Gasteiger charge is 2.25. The van der Waals surface area contributed by atoms with Crippen molar-refractivity contribution in [2.75, 3.05) is 20.3 Å². The van der Waals surface area contributed by atoms with Gasteiger partial charge in [-0.25, -0.2) is 13.1 Å². The molecular formula is C10H19N3O4S. The molecule has 0 aliphatic rings. The Morgan fingerprint density at radius 2 is 2.17 bits per heavy atom. The number of hydrogen-bond acceptors (Lipinski definition) is 5. The number of aliphatic hydroxyl groups excluding tert-OH is 1. The van der Waals surface area contributed by atoms with E-state index < -0.39 is 16.1 Å². The Hall–Kier alpha value is -0.960. The molecule has 7 nitrogen and oxygen atoms in total. The van der Waals surface area contributed by atoms with Crippen LogP contribution in [0.25, 0.3) is 0 Å². The third-order valence-corrected chi connectivity index (χ3v) is 4.28. The molecule has 0 aliphatic heterocycles. The van der Waals surface area contributed by atoms with Crippen molar-refractivity contribution in [2.45, 2.75) is 31.2 Å². The molecule has 0 aliphatic carbocycles. The summed E-state index contributed by atoms with van der Waals surface area (Å²) in [6, 6.07) is -0.460. The van der Waals surface area contributed by atoms with Crippen molar-refractivity contribution in [3.8, 4) is 0 Å². The first-order valence-electron chi connectivity index (χ1n) is 5.56. The number of aromatic nitrogens is 2. The van der Waals surface area contributed by atoms with E-state index in [1.165, 1.54) is 7.11 Å². The zero-order valence-corrected chi connectivity index (χ0v) is 11.5. The van der Waals surface area contributed by atoms with Crippen LogP contribution in [0.5, 0.6) is 0 Å². The summed E-state index contributed by atoms with van der Waals surface area (Å²) in [6.07, 6.45) is 0.295. The van der Waals surface area contributed by atoms with Crippen molar-refractivity contribution in [1.29, 1.82) is 0 Å². The highest BCUT2D eigenvalue weighted by atomic mass is 32.2. The fraction of sp³-hybridized carbons (Fsp3) is 0.700. The second-order valence-electron chi connectivity index (χ2n) is 4.05. The van der Waals surface area contributed by atoms with Crippen molar-refractivity contribution < 1.29 is 18.3 Å². The molecule has 1 unspecified atom stereocenters. The Morgan fingerprint density at radius 3 is 2.61 bits per heavy atom. The lowest BCUT2D eigenvalue weighted by atomic mass is 10.2. The van der Waals surface area contributed by atoms with E-state index in [0.29, 0.717) is 17.8 Å². The predicted octanol–water partition coefficient (Wildman–Crippen LogP) is -0.298. The molecule has 1 atom stereocenters. The number of aliphatic hydroxyl groups is 1. The van der Waals surface area contributed by atoms with Gasteiger partial charge in [-0.2, -0.15) is 5.10 Å². The number of H-pyrrole nitrogens is 1. The molecule has 3 N–H and O–H groups in total. The van der Waals surface area contributed by atoms with Gasteiger partial charge in [-0.15, -0.1) is 0 Å². The summed E-state index contributed by atoms with van der Waals surface area (Å²) in [7, 11) is -2.18. The van der Waals surface area contributed by atoms with Crippen molar-refractivity contribution in [3.63, 3.8) is 0 Å². The Balaban J connectivity index is 2.93. The Kier molecular flexibility index (Phi) is 5.27. The van der Waals surface area contributed by atoms with E-state index in [1.54, 1.807) is 13.8 Å². The summed E-state index contributed by atoms with van der Waals surface area (Å²) < 4.78 is 31.8. The molecule has 1 aromatic rings. The van der Waals surface area contributed by atoms with E-state index in [9.17, 15) is 8.42 Å². The molecule has 104 valence electrons. The largest absolute Gasteiger partial charge is 0.396 e. The quantitative estimate of drug-likeness (QED) is 0.635. The minimum atomic E-state index is -3.66. The summed E-state index contributed by atoms with van der Waals surface area (Å²) >= 11 is 0. The van der Waals surface area contributed by atoms with Gasteiger partial charge < -0.3 is 9.84 Å². The lowest BCUT2D eigenvalue weighted by molar-refractivity contribution is 0.158. The lowest BCUT2D eigenvalue weighted by Crippen LogP contribution is -2.39. The molecule has 1 aromatic heterocycles. The van der Waals surface area contributed by atoms with Crippen molar-refractivity contribution >= 4 is 10.0 Å². The number of sulfonamides is 1. The number of aryl methyl sites for hydroxylation is 2. The van der Waals surface area contributed by atoms with E-state index in [2.05, 4.69) is 14.9 Å². The van der Waals surface area contributed by atoms with Crippen LogP contribution in [0.2, 0.25) is 0 Å². The molecule has 0 amide bonds. The fourth-order valence-electron chi connectivity index (χ4n) is 1.75. The number of hydrogen-bond donors (Lipinski definition) is 3. The number of methoxy groups -OCH3 is 1. The van der Waals surface area contributed by atoms with Crippen LogP contribution in [0.1, 0.15) is 17.8 Å². The number of rotatable bonds is 7. The van der Waals surface area contributed by atoms with Gasteiger partial charge in [0.05, 0.1) is 18.0 Å². The van der Waals surface area contributed by atoms with Gasteiger partial charge in [0.25, 0.3) is 0 Å². The zero-order chi connectivity index (χ0) is 13.8. The van der Waals surface area contributed by atoms with E-state index in [-0.39, 0.29) is 18.1 Å². The molecule has 0 bridgehead atoms. The van der Waals surface area contributed by atoms with Crippen molar-refractivity contribution in [3.05, 3.63) is 11.4 Å². The topological polar surface area (TPSA) is 104 Å². The van der Waals surface area contributed by atoms with Crippen molar-refractivity contribution in [1.82, 2.24) is 14.9 Å². The lowest BCUT2D eigenvalue weighted by Gasteiger charge is -2.16. The normalized spacial score (nSPS) is 13.8. The molecule has 0 radical (unpaired) electrons. The average molecular weight is 277 g/mol. The molecule has 0 fully saturated rings. The SMILES string of the molecule is COCC(CCO)NS(=O)(=O)c1c(C)n[nH]c1C. The summed E-state index contributed by atoms with van der Waals surface area (Å²) in [4.78, 5) is 0.154. The van der Waals surface area contributed by atoms with Crippen LogP contribution in [-0.4, -0.2) is 50.1 Å². The van der Waals surface area contributed by atoms with E-state index in [1.807, 2.05) is 0 Å². The predicted molar refractivity (Wildman–Crippen MR) is 65.8 cm³/mol. The van der Waals surface area contributed by atoms with E-state index in [0.717, 1.165) is 0 Å². The maximum Gasteiger partial charge on any atom is 0.244 e. The van der Waals surface area contributed by atoms with Crippen LogP contribution in [0, 0.1) is 13.8 Å². The van der Waals surface area contributed by atoms with Crippen LogP contribution in [-0.2, 0) is 14.8 Å². The monoisotopic (exact) mass is 277 g/mol. The Morgan fingerprint density at radius 1 is 1.50 bits per heavy atom. The first kappa shape index (κ1) is 15.1. The molecular weight excluding hydrogens is 258 g/mol. The van der Waals surface area contributed by atoms with Gasteiger partial charge in [-0.05, 0) is 20.3 Å². The third kappa shape index (κ3) is 3.52. The van der Waals surface area contributed by atoms with Crippen LogP contribution < -0.4 is 4.72 Å². The Labute approximate surface area is 107 Å². The van der Waals surface area contributed by atoms with Gasteiger partial charge in [0.15, 0.2) is 0 Å². The van der Waals surface area contributed by atoms with Crippen LogP contribution in [0.4, 0.5) is 0 Å². The molecule has 1 rings (SSSR count). The minimum absolute atomic E-state index is 0.111. The highest BCUT2D eigenvalue weighted by molar-refractivity contribution is 7.89. The van der Waals surface area contributed by atoms with Crippen LogP contribution in [0.15, 0.2) is 4.90 Å². The zero-order valence-electron chi connectivity index (χ0n) is 10.7. The summed E-state index contributed by atoms with van der Waals surface area (Å²) in [5.74, 6) is 0. The van der Waals surface area contributed by atoms with E-state index in [4.69, 9.17) is 9.84 Å². The standard InChI is InChI=1S/C10H19N3O4S/c1-7-10(8(2)12-11-7)18(15,16)13-9(4-5-14)6-17-3/h9,13-14H,4-6H2,1-3H3,(H,11,12). The number of ether oxygens (including phenoxy) is 1. The first-order chi connectivity index (χ1) is 8.42. The molecule has 1 heterocycles. The first-order valence-corrected chi connectivity index (χ1v) is 7.04. The molecule has 18 heavy (non-hydrogen) atoms. The van der Waals surface area contributed by atoms with Gasteiger partial charge in [-0.1, -0.05) is 0 Å². The van der Waals surface area contributed by atoms with E-state index >= 15 is 0 Å². The van der Waals surface area contributed by atoms with Gasteiger partial charge in [0.2, 0.25) is 10.0 Å². The number of nitrogens with one attached hydrogen (secondary N) is 2. The minimum Gasteiger partial charge on any atom is -0.396 e. The third-order valence-electron chi connectivity index (χ3n) is 2.50. The average Bonchev–Trinajstić information content (AvgIpc) is 2.59. The van der Waals surface area contributed by atoms with Gasteiger partial charge in [0.1, 0.15) is 4.90 Å². The van der Waals surface area contributed by atoms with Gasteiger partial charge >= 0.3 is 0 Å². The number of nitrogens with zero attached hydrogens (tertiary/aromatic N) is 1. The number of aromatic amines is 1.